The predicted molar refractivity (Wildman–Crippen MR) is 77.4 cm³/mol. The number of aryl methyl sites for hydroxylation is 1. The summed E-state index contributed by atoms with van der Waals surface area (Å²) < 4.78 is 28.1. The Kier molecular flexibility index (Phi) is 5.48. The smallest absolute Gasteiger partial charge is 0.305 e. The molecule has 0 aliphatic heterocycles. The van der Waals surface area contributed by atoms with Crippen molar-refractivity contribution < 1.29 is 18.3 Å². The number of nitrogens with one attached hydrogen (secondary N) is 1. The summed E-state index contributed by atoms with van der Waals surface area (Å²) in [6, 6.07) is 0. The number of carboxylic acids is 1. The van der Waals surface area contributed by atoms with E-state index in [4.69, 9.17) is 5.11 Å². The number of likely N-dealkylation sites (N-methyl/N-ethyl adjacent to an activating group) is 1. The quantitative estimate of drug-likeness (QED) is 0.698. The van der Waals surface area contributed by atoms with Gasteiger partial charge in [-0.05, 0) is 27.9 Å². The van der Waals surface area contributed by atoms with Gasteiger partial charge in [-0.1, -0.05) is 0 Å². The van der Waals surface area contributed by atoms with E-state index in [0.29, 0.717) is 0 Å². The van der Waals surface area contributed by atoms with Gasteiger partial charge in [0.05, 0.1) is 19.2 Å². The average molecular weight is 318 g/mol. The maximum Gasteiger partial charge on any atom is 0.305 e. The largest absolute Gasteiger partial charge is 0.481 e. The molecule has 0 saturated carbocycles. The molecule has 0 saturated heterocycles. The Balaban J connectivity index is 2.73. The van der Waals surface area contributed by atoms with E-state index in [-0.39, 0.29) is 29.9 Å². The fourth-order valence-corrected chi connectivity index (χ4v) is 2.49. The zero-order valence-corrected chi connectivity index (χ0v) is 13.5. The van der Waals surface area contributed by atoms with Crippen LogP contribution in [0.5, 0.6) is 0 Å². The van der Waals surface area contributed by atoms with E-state index in [1.807, 2.05) is 32.8 Å². The van der Waals surface area contributed by atoms with Crippen LogP contribution in [0.3, 0.4) is 0 Å². The maximum absolute atomic E-state index is 12.2. The van der Waals surface area contributed by atoms with Gasteiger partial charge in [-0.2, -0.15) is 5.10 Å². The summed E-state index contributed by atoms with van der Waals surface area (Å²) in [5.41, 5.74) is -0.327. The average Bonchev–Trinajstić information content (AvgIpc) is 2.83. The van der Waals surface area contributed by atoms with Crippen LogP contribution in [-0.4, -0.2) is 60.4 Å². The van der Waals surface area contributed by atoms with Crippen molar-refractivity contribution in [1.29, 1.82) is 0 Å². The first-order chi connectivity index (χ1) is 9.54. The Hall–Kier alpha value is -1.45. The highest BCUT2D eigenvalue weighted by atomic mass is 32.2. The van der Waals surface area contributed by atoms with Crippen LogP contribution in [0.1, 0.15) is 20.3 Å². The summed E-state index contributed by atoms with van der Waals surface area (Å²) >= 11 is 0. The highest BCUT2D eigenvalue weighted by molar-refractivity contribution is 7.89. The molecule has 9 heteroatoms. The molecule has 0 bridgehead atoms. The molecule has 0 spiro atoms. The minimum absolute atomic E-state index is 0.0300. The summed E-state index contributed by atoms with van der Waals surface area (Å²) in [7, 11) is 0.0943. The highest BCUT2D eigenvalue weighted by Crippen LogP contribution is 2.12. The van der Waals surface area contributed by atoms with Crippen LogP contribution in [0.15, 0.2) is 17.3 Å². The van der Waals surface area contributed by atoms with Crippen molar-refractivity contribution in [2.75, 3.05) is 20.6 Å². The topological polar surface area (TPSA) is 105 Å². The van der Waals surface area contributed by atoms with E-state index in [9.17, 15) is 13.2 Å². The number of hydrogen-bond acceptors (Lipinski definition) is 5. The van der Waals surface area contributed by atoms with Crippen molar-refractivity contribution in [3.8, 4) is 0 Å². The van der Waals surface area contributed by atoms with Gasteiger partial charge in [0.15, 0.2) is 0 Å². The molecule has 1 heterocycles. The van der Waals surface area contributed by atoms with Crippen molar-refractivity contribution in [1.82, 2.24) is 19.4 Å². The summed E-state index contributed by atoms with van der Waals surface area (Å²) in [5.74, 6) is -0.958. The van der Waals surface area contributed by atoms with Crippen LogP contribution in [0.4, 0.5) is 0 Å². The van der Waals surface area contributed by atoms with Crippen molar-refractivity contribution in [2.24, 2.45) is 0 Å². The Bertz CT molecular complexity index is 592. The first-order valence-electron chi connectivity index (χ1n) is 6.46. The van der Waals surface area contributed by atoms with Gasteiger partial charge in [0.1, 0.15) is 4.90 Å². The number of hydrogen-bond donors (Lipinski definition) is 2. The molecule has 0 aromatic carbocycles. The molecular formula is C12H22N4O4S. The molecule has 0 atom stereocenters. The molecule has 0 aliphatic rings. The number of carboxylic acid groups (broad SMARTS) is 1. The van der Waals surface area contributed by atoms with Crippen molar-refractivity contribution in [2.45, 2.75) is 37.2 Å². The number of rotatable bonds is 8. The van der Waals surface area contributed by atoms with Gasteiger partial charge in [-0.15, -0.1) is 0 Å². The molecule has 0 unspecified atom stereocenters. The summed E-state index contributed by atoms with van der Waals surface area (Å²) in [5, 5.41) is 12.4. The monoisotopic (exact) mass is 318 g/mol. The zero-order valence-electron chi connectivity index (χ0n) is 12.7. The second-order valence-corrected chi connectivity index (χ2v) is 7.38. The third-order valence-corrected chi connectivity index (χ3v) is 4.74. The predicted octanol–water partition coefficient (Wildman–Crippen LogP) is -0.0237. The molecule has 0 radical (unpaired) electrons. The molecule has 2 N–H and O–H groups in total. The fraction of sp³-hybridized carbons (Fsp3) is 0.667. The Labute approximate surface area is 124 Å². The van der Waals surface area contributed by atoms with Crippen molar-refractivity contribution >= 4 is 16.0 Å². The zero-order chi connectivity index (χ0) is 16.3. The molecule has 8 nitrogen and oxygen atoms in total. The van der Waals surface area contributed by atoms with Gasteiger partial charge in [0, 0.05) is 18.3 Å². The number of aromatic nitrogens is 2. The molecule has 1 rings (SSSR count). The van der Waals surface area contributed by atoms with Crippen LogP contribution in [-0.2, 0) is 21.4 Å². The van der Waals surface area contributed by atoms with E-state index in [0.717, 1.165) is 0 Å². The fourth-order valence-electron chi connectivity index (χ4n) is 1.33. The molecule has 1 aromatic heterocycles. The van der Waals surface area contributed by atoms with Crippen LogP contribution in [0.2, 0.25) is 0 Å². The van der Waals surface area contributed by atoms with Crippen LogP contribution in [0.25, 0.3) is 0 Å². The second-order valence-electron chi connectivity index (χ2n) is 5.61. The van der Waals surface area contributed by atoms with Gasteiger partial charge in [0.25, 0.3) is 0 Å². The van der Waals surface area contributed by atoms with E-state index in [1.165, 1.54) is 17.1 Å². The Morgan fingerprint density at radius 3 is 2.62 bits per heavy atom. The summed E-state index contributed by atoms with van der Waals surface area (Å²) in [6.07, 6.45) is 2.43. The Morgan fingerprint density at radius 1 is 1.48 bits per heavy atom. The van der Waals surface area contributed by atoms with Crippen LogP contribution < -0.4 is 4.72 Å². The minimum Gasteiger partial charge on any atom is -0.481 e. The summed E-state index contributed by atoms with van der Waals surface area (Å²) in [4.78, 5) is 12.4. The third kappa shape index (κ3) is 5.10. The number of nitrogens with zero attached hydrogens (tertiary/aromatic N) is 3. The lowest BCUT2D eigenvalue weighted by atomic mass is 10.1. The molecule has 1 aromatic rings. The molecule has 0 aliphatic carbocycles. The van der Waals surface area contributed by atoms with E-state index in [1.54, 1.807) is 0 Å². The molecule has 0 fully saturated rings. The van der Waals surface area contributed by atoms with Gasteiger partial charge in [-0.25, -0.2) is 13.1 Å². The number of aliphatic carboxylic acids is 1. The van der Waals surface area contributed by atoms with E-state index >= 15 is 0 Å². The SMILES string of the molecule is CN(C)C(C)(C)CNS(=O)(=O)c1cnn(CCC(=O)O)c1. The Morgan fingerprint density at radius 2 is 2.10 bits per heavy atom. The molecule has 0 amide bonds. The first kappa shape index (κ1) is 17.6. The van der Waals surface area contributed by atoms with Crippen molar-refractivity contribution in [3.05, 3.63) is 12.4 Å². The van der Waals surface area contributed by atoms with E-state index < -0.39 is 16.0 Å². The lowest BCUT2D eigenvalue weighted by molar-refractivity contribution is -0.137. The molecule has 21 heavy (non-hydrogen) atoms. The molecule has 120 valence electrons. The van der Waals surface area contributed by atoms with E-state index in [2.05, 4.69) is 9.82 Å². The lowest BCUT2D eigenvalue weighted by Crippen LogP contribution is -2.48. The number of sulfonamides is 1. The highest BCUT2D eigenvalue weighted by Gasteiger charge is 2.24. The van der Waals surface area contributed by atoms with Crippen LogP contribution >= 0.6 is 0 Å². The van der Waals surface area contributed by atoms with Gasteiger partial charge in [0.2, 0.25) is 10.0 Å². The number of carbonyl (C=O) groups is 1. The third-order valence-electron chi connectivity index (χ3n) is 3.38. The minimum atomic E-state index is -3.65. The van der Waals surface area contributed by atoms with Crippen molar-refractivity contribution in [3.63, 3.8) is 0 Å². The summed E-state index contributed by atoms with van der Waals surface area (Å²) in [6.45, 7) is 4.23. The van der Waals surface area contributed by atoms with Gasteiger partial charge in [-0.3, -0.25) is 9.48 Å². The lowest BCUT2D eigenvalue weighted by Gasteiger charge is -2.32. The maximum atomic E-state index is 12.2. The molecular weight excluding hydrogens is 296 g/mol. The second kappa shape index (κ2) is 6.54. The van der Waals surface area contributed by atoms with Crippen LogP contribution in [0, 0.1) is 0 Å². The van der Waals surface area contributed by atoms with Gasteiger partial charge >= 0.3 is 5.97 Å². The normalized spacial score (nSPS) is 12.8. The standard InChI is InChI=1S/C12H22N4O4S/c1-12(2,15(3)4)9-14-21(19,20)10-7-13-16(8-10)6-5-11(17)18/h7-8,14H,5-6,9H2,1-4H3,(H,17,18). The first-order valence-corrected chi connectivity index (χ1v) is 7.94. The van der Waals surface area contributed by atoms with Gasteiger partial charge < -0.3 is 10.0 Å².